The predicted molar refractivity (Wildman–Crippen MR) is 99.9 cm³/mol. The molecule has 6 heteroatoms. The summed E-state index contributed by atoms with van der Waals surface area (Å²) in [4.78, 5) is 10.4. The lowest BCUT2D eigenvalue weighted by Crippen LogP contribution is -2.04. The van der Waals surface area contributed by atoms with Crippen molar-refractivity contribution in [2.24, 2.45) is 0 Å². The maximum atomic E-state index is 5.34. The molecule has 5 nitrogen and oxygen atoms in total. The van der Waals surface area contributed by atoms with E-state index >= 15 is 0 Å². The third-order valence-corrected chi connectivity index (χ3v) is 5.15. The van der Waals surface area contributed by atoms with Crippen LogP contribution >= 0.6 is 11.8 Å². The Labute approximate surface area is 150 Å². The minimum atomic E-state index is 0.563. The van der Waals surface area contributed by atoms with Crippen molar-refractivity contribution in [3.05, 3.63) is 54.2 Å². The van der Waals surface area contributed by atoms with E-state index < -0.39 is 0 Å². The number of rotatable bonds is 4. The van der Waals surface area contributed by atoms with Gasteiger partial charge in [0.1, 0.15) is 0 Å². The van der Waals surface area contributed by atoms with Gasteiger partial charge in [0.05, 0.1) is 19.9 Å². The number of nitrogens with one attached hydrogen (secondary N) is 1. The van der Waals surface area contributed by atoms with E-state index in [1.165, 1.54) is 4.90 Å². The van der Waals surface area contributed by atoms with Crippen LogP contribution in [0.25, 0.3) is 11.3 Å². The van der Waals surface area contributed by atoms with Gasteiger partial charge in [-0.25, -0.2) is 9.97 Å². The van der Waals surface area contributed by atoms with Gasteiger partial charge >= 0.3 is 0 Å². The first-order chi connectivity index (χ1) is 12.3. The van der Waals surface area contributed by atoms with Crippen molar-refractivity contribution in [2.75, 3.05) is 19.5 Å². The van der Waals surface area contributed by atoms with Crippen LogP contribution < -0.4 is 14.8 Å². The number of hydrogen-bond donors (Lipinski definition) is 1. The van der Waals surface area contributed by atoms with E-state index in [2.05, 4.69) is 28.5 Å². The summed E-state index contributed by atoms with van der Waals surface area (Å²) in [6.07, 6.45) is 1.90. The minimum Gasteiger partial charge on any atom is -0.493 e. The number of hydrogen-bond acceptors (Lipinski definition) is 6. The molecule has 0 saturated heterocycles. The summed E-state index contributed by atoms with van der Waals surface area (Å²) in [6.45, 7) is 0. The second-order valence-corrected chi connectivity index (χ2v) is 6.56. The number of methoxy groups -OCH3 is 2. The van der Waals surface area contributed by atoms with Crippen LogP contribution in [-0.4, -0.2) is 24.2 Å². The predicted octanol–water partition coefficient (Wildman–Crippen LogP) is 4.51. The Bertz CT molecular complexity index is 930. The van der Waals surface area contributed by atoms with Gasteiger partial charge in [-0.1, -0.05) is 18.2 Å². The molecule has 4 rings (SSSR count). The molecule has 0 saturated carbocycles. The molecule has 0 amide bonds. The lowest BCUT2D eigenvalue weighted by Gasteiger charge is -2.18. The number of thioether (sulfide) groups is 1. The Morgan fingerprint density at radius 2 is 1.88 bits per heavy atom. The zero-order valence-corrected chi connectivity index (χ0v) is 14.8. The van der Waals surface area contributed by atoms with Crippen LogP contribution in [0.15, 0.2) is 53.6 Å². The molecule has 0 radical (unpaired) electrons. The van der Waals surface area contributed by atoms with E-state index in [9.17, 15) is 0 Å². The Hall–Kier alpha value is -2.73. The summed E-state index contributed by atoms with van der Waals surface area (Å²) in [6, 6.07) is 14.0. The molecule has 25 heavy (non-hydrogen) atoms. The highest BCUT2D eigenvalue weighted by Gasteiger charge is 2.18. The van der Waals surface area contributed by atoms with Gasteiger partial charge in [0.15, 0.2) is 11.5 Å². The van der Waals surface area contributed by atoms with Crippen LogP contribution in [0.5, 0.6) is 11.5 Å². The summed E-state index contributed by atoms with van der Waals surface area (Å²) in [5.74, 6) is 2.80. The van der Waals surface area contributed by atoms with E-state index in [-0.39, 0.29) is 0 Å². The summed E-state index contributed by atoms with van der Waals surface area (Å²) in [5, 5.41) is 3.25. The number of anilines is 2. The van der Waals surface area contributed by atoms with Crippen molar-refractivity contribution >= 4 is 23.4 Å². The zero-order valence-electron chi connectivity index (χ0n) is 13.9. The van der Waals surface area contributed by atoms with Gasteiger partial charge in [-0.2, -0.15) is 0 Å². The summed E-state index contributed by atoms with van der Waals surface area (Å²) in [7, 11) is 3.23. The highest BCUT2D eigenvalue weighted by molar-refractivity contribution is 7.98. The highest BCUT2D eigenvalue weighted by Crippen LogP contribution is 2.40. The third-order valence-electron chi connectivity index (χ3n) is 4.03. The summed E-state index contributed by atoms with van der Waals surface area (Å²) in [5.41, 5.74) is 4.15. The normalized spacial score (nSPS) is 12.1. The van der Waals surface area contributed by atoms with Crippen molar-refractivity contribution < 1.29 is 9.47 Å². The molecule has 0 aliphatic carbocycles. The Morgan fingerprint density at radius 1 is 1.04 bits per heavy atom. The largest absolute Gasteiger partial charge is 0.493 e. The number of nitrogens with zero attached hydrogens (tertiary/aromatic N) is 2. The molecule has 1 aliphatic rings. The van der Waals surface area contributed by atoms with Gasteiger partial charge in [-0.05, 0) is 18.2 Å². The monoisotopic (exact) mass is 351 g/mol. The lowest BCUT2D eigenvalue weighted by atomic mass is 10.1. The number of fused-ring (bicyclic) bond motifs is 3. The van der Waals surface area contributed by atoms with Crippen molar-refractivity contribution in [3.63, 3.8) is 0 Å². The fourth-order valence-electron chi connectivity index (χ4n) is 2.79. The Kier molecular flexibility index (Phi) is 4.19. The van der Waals surface area contributed by atoms with E-state index in [1.807, 2.05) is 42.2 Å². The molecule has 1 aromatic heterocycles. The van der Waals surface area contributed by atoms with Crippen molar-refractivity contribution in [3.8, 4) is 22.8 Å². The van der Waals surface area contributed by atoms with Crippen LogP contribution in [0.1, 0.15) is 5.56 Å². The Morgan fingerprint density at radius 3 is 2.72 bits per heavy atom. The molecule has 0 spiro atoms. The van der Waals surface area contributed by atoms with E-state index in [0.29, 0.717) is 17.4 Å². The molecular formula is C19H17N3O2S. The molecule has 3 aromatic rings. The molecule has 2 aromatic carbocycles. The van der Waals surface area contributed by atoms with E-state index in [0.717, 1.165) is 28.3 Å². The smallest absolute Gasteiger partial charge is 0.227 e. The lowest BCUT2D eigenvalue weighted by molar-refractivity contribution is 0.355. The number of benzene rings is 2. The molecule has 2 heterocycles. The minimum absolute atomic E-state index is 0.563. The van der Waals surface area contributed by atoms with Crippen molar-refractivity contribution in [1.29, 1.82) is 0 Å². The van der Waals surface area contributed by atoms with Gasteiger partial charge in [0.2, 0.25) is 5.95 Å². The molecule has 126 valence electrons. The summed E-state index contributed by atoms with van der Waals surface area (Å²) < 4.78 is 10.6. The van der Waals surface area contributed by atoms with Gasteiger partial charge in [-0.15, -0.1) is 11.8 Å². The zero-order chi connectivity index (χ0) is 17.2. The van der Waals surface area contributed by atoms with Crippen LogP contribution in [0, 0.1) is 0 Å². The van der Waals surface area contributed by atoms with E-state index in [4.69, 9.17) is 14.5 Å². The first kappa shape index (κ1) is 15.8. The maximum Gasteiger partial charge on any atom is 0.227 e. The first-order valence-corrected chi connectivity index (χ1v) is 8.84. The fourth-order valence-corrected chi connectivity index (χ4v) is 3.81. The third kappa shape index (κ3) is 3.00. The van der Waals surface area contributed by atoms with Crippen molar-refractivity contribution in [1.82, 2.24) is 9.97 Å². The highest BCUT2D eigenvalue weighted by atomic mass is 32.2. The average molecular weight is 351 g/mol. The SMILES string of the molecule is COc1ccc(Nc2ncc3c(n2)-c2ccccc2SC3)cc1OC. The molecule has 1 N–H and O–H groups in total. The average Bonchev–Trinajstić information content (AvgIpc) is 2.67. The van der Waals surface area contributed by atoms with E-state index in [1.54, 1.807) is 14.2 Å². The molecular weight excluding hydrogens is 334 g/mol. The number of aromatic nitrogens is 2. The standard InChI is InChI=1S/C19H17N3O2S/c1-23-15-8-7-13(9-16(15)24-2)21-19-20-10-12-11-25-17-6-4-3-5-14(17)18(12)22-19/h3-10H,11H2,1-2H3,(H,20,21,22). The van der Waals surface area contributed by atoms with Crippen LogP contribution in [0.3, 0.4) is 0 Å². The molecule has 0 fully saturated rings. The summed E-state index contributed by atoms with van der Waals surface area (Å²) >= 11 is 1.82. The number of ether oxygens (including phenoxy) is 2. The van der Waals surface area contributed by atoms with Crippen LogP contribution in [0.4, 0.5) is 11.6 Å². The van der Waals surface area contributed by atoms with Gasteiger partial charge < -0.3 is 14.8 Å². The van der Waals surface area contributed by atoms with Crippen LogP contribution in [-0.2, 0) is 5.75 Å². The maximum absolute atomic E-state index is 5.34. The van der Waals surface area contributed by atoms with Gasteiger partial charge in [-0.3, -0.25) is 0 Å². The first-order valence-electron chi connectivity index (χ1n) is 7.85. The van der Waals surface area contributed by atoms with Crippen molar-refractivity contribution in [2.45, 2.75) is 10.6 Å². The molecule has 0 atom stereocenters. The fraction of sp³-hybridized carbons (Fsp3) is 0.158. The topological polar surface area (TPSA) is 56.3 Å². The molecule has 0 bridgehead atoms. The molecule has 0 unspecified atom stereocenters. The van der Waals surface area contributed by atoms with Gasteiger partial charge in [0.25, 0.3) is 0 Å². The second kappa shape index (κ2) is 6.64. The Balaban J connectivity index is 1.67. The second-order valence-electron chi connectivity index (χ2n) is 5.55. The van der Waals surface area contributed by atoms with Crippen LogP contribution in [0.2, 0.25) is 0 Å². The quantitative estimate of drug-likeness (QED) is 0.746. The van der Waals surface area contributed by atoms with Gasteiger partial charge in [0, 0.05) is 39.7 Å². The molecule has 1 aliphatic heterocycles.